The van der Waals surface area contributed by atoms with Crippen molar-refractivity contribution in [2.45, 2.75) is 38.5 Å². The van der Waals surface area contributed by atoms with Crippen LogP contribution in [0.4, 0.5) is 0 Å². The largest absolute Gasteiger partial charge is 0.496 e. The number of methoxy groups -OCH3 is 1. The Balaban J connectivity index is 2.32. The van der Waals surface area contributed by atoms with Gasteiger partial charge in [0.05, 0.1) is 7.11 Å². The Labute approximate surface area is 122 Å². The lowest BCUT2D eigenvalue weighted by Gasteiger charge is -2.39. The summed E-state index contributed by atoms with van der Waals surface area (Å²) in [5, 5.41) is 3.60. The molecule has 3 nitrogen and oxygen atoms in total. The summed E-state index contributed by atoms with van der Waals surface area (Å²) >= 11 is 0. The van der Waals surface area contributed by atoms with Gasteiger partial charge in [-0.2, -0.15) is 0 Å². The number of nitrogens with one attached hydrogen (secondary N) is 1. The maximum Gasteiger partial charge on any atom is 0.122 e. The van der Waals surface area contributed by atoms with E-state index in [4.69, 9.17) is 9.47 Å². The van der Waals surface area contributed by atoms with E-state index in [1.807, 2.05) is 0 Å². The summed E-state index contributed by atoms with van der Waals surface area (Å²) in [6.07, 6.45) is 3.28. The minimum absolute atomic E-state index is 0.144. The van der Waals surface area contributed by atoms with Gasteiger partial charge in [-0.1, -0.05) is 24.6 Å². The van der Waals surface area contributed by atoms with Gasteiger partial charge in [-0.3, -0.25) is 0 Å². The smallest absolute Gasteiger partial charge is 0.122 e. The molecule has 0 atom stereocenters. The monoisotopic (exact) mass is 277 g/mol. The fraction of sp³-hybridized carbons (Fsp3) is 0.647. The molecule has 1 fully saturated rings. The van der Waals surface area contributed by atoms with Gasteiger partial charge >= 0.3 is 0 Å². The molecule has 3 heteroatoms. The van der Waals surface area contributed by atoms with Crippen LogP contribution < -0.4 is 10.1 Å². The van der Waals surface area contributed by atoms with Crippen molar-refractivity contribution in [2.24, 2.45) is 0 Å². The number of hydrogen-bond donors (Lipinski definition) is 1. The molecule has 2 rings (SSSR count). The Kier molecular flexibility index (Phi) is 5.44. The number of aryl methyl sites for hydroxylation is 1. The highest BCUT2D eigenvalue weighted by atomic mass is 16.5. The minimum atomic E-state index is 0.144. The third-order valence-corrected chi connectivity index (χ3v) is 4.27. The third-order valence-electron chi connectivity index (χ3n) is 4.27. The van der Waals surface area contributed by atoms with E-state index in [0.717, 1.165) is 51.3 Å². The molecule has 20 heavy (non-hydrogen) atoms. The summed E-state index contributed by atoms with van der Waals surface area (Å²) in [5.74, 6) is 1.01. The highest BCUT2D eigenvalue weighted by Crippen LogP contribution is 2.39. The quantitative estimate of drug-likeness (QED) is 0.811. The number of ether oxygens (including phenoxy) is 2. The molecule has 0 bridgehead atoms. The first-order valence-electron chi connectivity index (χ1n) is 7.65. The Bertz CT molecular complexity index is 425. The Morgan fingerprint density at radius 3 is 2.70 bits per heavy atom. The normalized spacial score (nSPS) is 17.9. The summed E-state index contributed by atoms with van der Waals surface area (Å²) in [5.41, 5.74) is 2.78. The van der Waals surface area contributed by atoms with Crippen molar-refractivity contribution >= 4 is 0 Å². The van der Waals surface area contributed by atoms with Crippen molar-refractivity contribution in [2.75, 3.05) is 33.4 Å². The summed E-state index contributed by atoms with van der Waals surface area (Å²) < 4.78 is 11.2. The van der Waals surface area contributed by atoms with Gasteiger partial charge in [0.15, 0.2) is 0 Å². The van der Waals surface area contributed by atoms with Crippen LogP contribution in [-0.2, 0) is 10.2 Å². The molecule has 0 aromatic heterocycles. The van der Waals surface area contributed by atoms with E-state index in [-0.39, 0.29) is 5.41 Å². The second-order valence-electron chi connectivity index (χ2n) is 5.77. The van der Waals surface area contributed by atoms with E-state index < -0.39 is 0 Å². The summed E-state index contributed by atoms with van der Waals surface area (Å²) in [4.78, 5) is 0. The van der Waals surface area contributed by atoms with Gasteiger partial charge in [-0.25, -0.2) is 0 Å². The third kappa shape index (κ3) is 3.33. The topological polar surface area (TPSA) is 30.5 Å². The highest BCUT2D eigenvalue weighted by molar-refractivity contribution is 5.43. The molecule has 0 amide bonds. The van der Waals surface area contributed by atoms with Gasteiger partial charge in [-0.15, -0.1) is 0 Å². The van der Waals surface area contributed by atoms with Gasteiger partial charge < -0.3 is 14.8 Å². The first-order chi connectivity index (χ1) is 9.72. The van der Waals surface area contributed by atoms with Crippen LogP contribution in [0.1, 0.15) is 37.3 Å². The standard InChI is InChI=1S/C17H27NO2/c1-4-9-18-13-17(7-10-20-11-8-17)15-12-14(2)5-6-16(15)19-3/h5-6,12,18H,4,7-11,13H2,1-3H3. The van der Waals surface area contributed by atoms with Crippen LogP contribution >= 0.6 is 0 Å². The lowest BCUT2D eigenvalue weighted by atomic mass is 9.73. The lowest BCUT2D eigenvalue weighted by molar-refractivity contribution is 0.0491. The molecule has 0 radical (unpaired) electrons. The van der Waals surface area contributed by atoms with Crippen LogP contribution in [0.5, 0.6) is 5.75 Å². The first-order valence-corrected chi connectivity index (χ1v) is 7.65. The molecule has 0 aliphatic carbocycles. The first kappa shape index (κ1) is 15.3. The van der Waals surface area contributed by atoms with E-state index >= 15 is 0 Å². The second kappa shape index (κ2) is 7.09. The molecule has 1 aliphatic heterocycles. The van der Waals surface area contributed by atoms with Crippen molar-refractivity contribution in [1.82, 2.24) is 5.32 Å². The number of benzene rings is 1. The van der Waals surface area contributed by atoms with Crippen LogP contribution in [0, 0.1) is 6.92 Å². The summed E-state index contributed by atoms with van der Waals surface area (Å²) in [7, 11) is 1.76. The molecule has 0 spiro atoms. The molecule has 112 valence electrons. The highest BCUT2D eigenvalue weighted by Gasteiger charge is 2.36. The van der Waals surface area contributed by atoms with E-state index in [1.165, 1.54) is 11.1 Å². The summed E-state index contributed by atoms with van der Waals surface area (Å²) in [6.45, 7) is 8.10. The SMILES string of the molecule is CCCNCC1(c2cc(C)ccc2OC)CCOCC1. The van der Waals surface area contributed by atoms with Crippen LogP contribution in [-0.4, -0.2) is 33.4 Å². The van der Waals surface area contributed by atoms with E-state index in [0.29, 0.717) is 0 Å². The minimum Gasteiger partial charge on any atom is -0.496 e. The van der Waals surface area contributed by atoms with Gasteiger partial charge in [0.2, 0.25) is 0 Å². The molecular weight excluding hydrogens is 250 g/mol. The van der Waals surface area contributed by atoms with Crippen LogP contribution in [0.25, 0.3) is 0 Å². The van der Waals surface area contributed by atoms with Crippen molar-refractivity contribution < 1.29 is 9.47 Å². The molecule has 1 aromatic carbocycles. The molecule has 1 aliphatic rings. The van der Waals surface area contributed by atoms with Gasteiger partial charge in [0, 0.05) is 30.7 Å². The van der Waals surface area contributed by atoms with Crippen LogP contribution in [0.2, 0.25) is 0 Å². The van der Waals surface area contributed by atoms with Crippen LogP contribution in [0.15, 0.2) is 18.2 Å². The zero-order chi connectivity index (χ0) is 14.4. The Morgan fingerprint density at radius 2 is 2.05 bits per heavy atom. The molecule has 1 aromatic rings. The molecule has 1 N–H and O–H groups in total. The zero-order valence-electron chi connectivity index (χ0n) is 13.0. The molecular formula is C17H27NO2. The van der Waals surface area contributed by atoms with Crippen LogP contribution in [0.3, 0.4) is 0 Å². The van der Waals surface area contributed by atoms with E-state index in [9.17, 15) is 0 Å². The average Bonchev–Trinajstić information content (AvgIpc) is 2.48. The molecule has 1 heterocycles. The average molecular weight is 277 g/mol. The maximum absolute atomic E-state index is 5.62. The number of rotatable bonds is 6. The zero-order valence-corrected chi connectivity index (χ0v) is 13.0. The number of hydrogen-bond acceptors (Lipinski definition) is 3. The predicted octanol–water partition coefficient (Wildman–Crippen LogP) is 3.05. The lowest BCUT2D eigenvalue weighted by Crippen LogP contribution is -2.43. The predicted molar refractivity (Wildman–Crippen MR) is 82.6 cm³/mol. The van der Waals surface area contributed by atoms with Gasteiger partial charge in [0.25, 0.3) is 0 Å². The van der Waals surface area contributed by atoms with E-state index in [1.54, 1.807) is 7.11 Å². The molecule has 1 saturated heterocycles. The Morgan fingerprint density at radius 1 is 1.30 bits per heavy atom. The van der Waals surface area contributed by atoms with Crippen molar-refractivity contribution in [3.8, 4) is 5.75 Å². The van der Waals surface area contributed by atoms with Crippen molar-refractivity contribution in [1.29, 1.82) is 0 Å². The Hall–Kier alpha value is -1.06. The van der Waals surface area contributed by atoms with E-state index in [2.05, 4.69) is 37.4 Å². The van der Waals surface area contributed by atoms with Crippen molar-refractivity contribution in [3.63, 3.8) is 0 Å². The second-order valence-corrected chi connectivity index (χ2v) is 5.77. The van der Waals surface area contributed by atoms with Crippen molar-refractivity contribution in [3.05, 3.63) is 29.3 Å². The van der Waals surface area contributed by atoms with Gasteiger partial charge in [-0.05, 0) is 38.8 Å². The maximum atomic E-state index is 5.62. The summed E-state index contributed by atoms with van der Waals surface area (Å²) in [6, 6.07) is 6.51. The molecule has 0 saturated carbocycles. The molecule has 0 unspecified atom stereocenters. The fourth-order valence-electron chi connectivity index (χ4n) is 3.04. The fourth-order valence-corrected chi connectivity index (χ4v) is 3.04. The van der Waals surface area contributed by atoms with Gasteiger partial charge in [0.1, 0.15) is 5.75 Å².